The summed E-state index contributed by atoms with van der Waals surface area (Å²) in [5.74, 6) is 1.12. The van der Waals surface area contributed by atoms with Crippen molar-refractivity contribution >= 4 is 11.0 Å². The van der Waals surface area contributed by atoms with E-state index in [2.05, 4.69) is 57.4 Å². The second-order valence-electron chi connectivity index (χ2n) is 6.01. The molecule has 2 N–H and O–H groups in total. The van der Waals surface area contributed by atoms with Crippen molar-refractivity contribution in [3.63, 3.8) is 0 Å². The van der Waals surface area contributed by atoms with Gasteiger partial charge in [0.05, 0.1) is 11.0 Å². The van der Waals surface area contributed by atoms with Gasteiger partial charge >= 0.3 is 0 Å². The molecule has 0 fully saturated rings. The third kappa shape index (κ3) is 2.27. The van der Waals surface area contributed by atoms with Crippen LogP contribution in [-0.2, 0) is 5.41 Å². The second-order valence-corrected chi connectivity index (χ2v) is 6.01. The summed E-state index contributed by atoms with van der Waals surface area (Å²) in [6, 6.07) is 6.87. The van der Waals surface area contributed by atoms with E-state index in [1.165, 1.54) is 11.1 Å². The number of nitrogens with zero attached hydrogens (tertiary/aromatic N) is 2. The molecular formula is C16H25N3. The summed E-state index contributed by atoms with van der Waals surface area (Å²) in [6.45, 7) is 11.5. The molecule has 1 aromatic carbocycles. The maximum atomic E-state index is 6.02. The maximum absolute atomic E-state index is 6.02. The second kappa shape index (κ2) is 4.97. The molecule has 1 heterocycles. The normalized spacial score (nSPS) is 15.1. The molecular weight excluding hydrogens is 234 g/mol. The van der Waals surface area contributed by atoms with Crippen molar-refractivity contribution in [1.29, 1.82) is 0 Å². The van der Waals surface area contributed by atoms with E-state index in [-0.39, 0.29) is 5.41 Å². The Morgan fingerprint density at radius 3 is 2.58 bits per heavy atom. The zero-order valence-electron chi connectivity index (χ0n) is 12.7. The molecule has 2 rings (SSSR count). The van der Waals surface area contributed by atoms with Crippen molar-refractivity contribution in [2.24, 2.45) is 5.73 Å². The number of hydrogen-bond donors (Lipinski definition) is 1. The van der Waals surface area contributed by atoms with Gasteiger partial charge in [-0.25, -0.2) is 4.98 Å². The minimum Gasteiger partial charge on any atom is -0.329 e. The molecule has 1 aromatic heterocycles. The van der Waals surface area contributed by atoms with Gasteiger partial charge in [-0.1, -0.05) is 19.9 Å². The number of fused-ring (bicyclic) bond motifs is 1. The van der Waals surface area contributed by atoms with E-state index >= 15 is 0 Å². The first-order valence-corrected chi connectivity index (χ1v) is 7.12. The number of nitrogens with two attached hydrogens (primary N) is 1. The van der Waals surface area contributed by atoms with Crippen molar-refractivity contribution < 1.29 is 0 Å². The first-order chi connectivity index (χ1) is 8.92. The van der Waals surface area contributed by atoms with Crippen LogP contribution in [0.15, 0.2) is 18.2 Å². The van der Waals surface area contributed by atoms with E-state index in [1.54, 1.807) is 0 Å². The van der Waals surface area contributed by atoms with Gasteiger partial charge in [-0.05, 0) is 44.9 Å². The lowest BCUT2D eigenvalue weighted by Crippen LogP contribution is -2.34. The molecule has 3 heteroatoms. The Bertz CT molecular complexity index is 577. The monoisotopic (exact) mass is 259 g/mol. The zero-order valence-corrected chi connectivity index (χ0v) is 12.7. The number of benzene rings is 1. The van der Waals surface area contributed by atoms with E-state index in [4.69, 9.17) is 10.7 Å². The molecule has 1 atom stereocenters. The minimum absolute atomic E-state index is 0.0583. The quantitative estimate of drug-likeness (QED) is 0.912. The van der Waals surface area contributed by atoms with Crippen LogP contribution in [0.25, 0.3) is 11.0 Å². The molecule has 3 nitrogen and oxygen atoms in total. The van der Waals surface area contributed by atoms with Crippen LogP contribution >= 0.6 is 0 Å². The average Bonchev–Trinajstić information content (AvgIpc) is 2.76. The Morgan fingerprint density at radius 2 is 2.05 bits per heavy atom. The van der Waals surface area contributed by atoms with Gasteiger partial charge in [0.25, 0.3) is 0 Å². The number of aryl methyl sites for hydroxylation is 1. The Hall–Kier alpha value is -1.35. The molecule has 0 radical (unpaired) electrons. The number of imidazole rings is 1. The highest BCUT2D eigenvalue weighted by Crippen LogP contribution is 2.31. The summed E-state index contributed by atoms with van der Waals surface area (Å²) in [7, 11) is 0. The van der Waals surface area contributed by atoms with Crippen molar-refractivity contribution in [1.82, 2.24) is 9.55 Å². The third-order valence-corrected chi connectivity index (χ3v) is 4.13. The van der Waals surface area contributed by atoms with E-state index in [1.807, 2.05) is 0 Å². The molecule has 1 unspecified atom stereocenters. The van der Waals surface area contributed by atoms with Crippen LogP contribution < -0.4 is 5.73 Å². The van der Waals surface area contributed by atoms with Crippen molar-refractivity contribution in [2.75, 3.05) is 6.54 Å². The SMILES string of the molecule is CCC(C)(CN)c1nc2cc(C)ccc2n1C(C)C. The summed E-state index contributed by atoms with van der Waals surface area (Å²) >= 11 is 0. The predicted octanol–water partition coefficient (Wildman–Crippen LogP) is 3.55. The van der Waals surface area contributed by atoms with Crippen LogP contribution in [0.2, 0.25) is 0 Å². The molecule has 0 bridgehead atoms. The van der Waals surface area contributed by atoms with Crippen LogP contribution in [0, 0.1) is 6.92 Å². The Balaban J connectivity index is 2.76. The zero-order chi connectivity index (χ0) is 14.2. The van der Waals surface area contributed by atoms with Crippen LogP contribution in [0.3, 0.4) is 0 Å². The standard InChI is InChI=1S/C16H25N3/c1-6-16(5,10-17)15-18-13-9-12(4)7-8-14(13)19(15)11(2)3/h7-9,11H,6,10,17H2,1-5H3. The van der Waals surface area contributed by atoms with Crippen LogP contribution in [0.5, 0.6) is 0 Å². The first-order valence-electron chi connectivity index (χ1n) is 7.12. The minimum atomic E-state index is -0.0583. The van der Waals surface area contributed by atoms with Gasteiger partial charge in [-0.3, -0.25) is 0 Å². The van der Waals surface area contributed by atoms with Crippen LogP contribution in [0.1, 0.15) is 51.5 Å². The van der Waals surface area contributed by atoms with Gasteiger partial charge in [0.1, 0.15) is 5.82 Å². The topological polar surface area (TPSA) is 43.8 Å². The molecule has 0 amide bonds. The molecule has 19 heavy (non-hydrogen) atoms. The van der Waals surface area contributed by atoms with Crippen LogP contribution in [-0.4, -0.2) is 16.1 Å². The van der Waals surface area contributed by atoms with E-state index < -0.39 is 0 Å². The Morgan fingerprint density at radius 1 is 1.37 bits per heavy atom. The number of aromatic nitrogens is 2. The summed E-state index contributed by atoms with van der Waals surface area (Å²) in [5, 5.41) is 0. The lowest BCUT2D eigenvalue weighted by Gasteiger charge is -2.28. The summed E-state index contributed by atoms with van der Waals surface area (Å²) in [4.78, 5) is 4.89. The summed E-state index contributed by atoms with van der Waals surface area (Å²) in [5.41, 5.74) is 9.50. The maximum Gasteiger partial charge on any atom is 0.117 e. The molecule has 0 aliphatic rings. The number of hydrogen-bond acceptors (Lipinski definition) is 2. The van der Waals surface area contributed by atoms with Gasteiger partial charge in [0.2, 0.25) is 0 Å². The van der Waals surface area contributed by atoms with Crippen LogP contribution in [0.4, 0.5) is 0 Å². The number of rotatable bonds is 4. The largest absolute Gasteiger partial charge is 0.329 e. The van der Waals surface area contributed by atoms with Gasteiger partial charge in [0.15, 0.2) is 0 Å². The summed E-state index contributed by atoms with van der Waals surface area (Å²) < 4.78 is 2.34. The third-order valence-electron chi connectivity index (χ3n) is 4.13. The van der Waals surface area contributed by atoms with E-state index in [0.717, 1.165) is 17.8 Å². The highest BCUT2D eigenvalue weighted by Gasteiger charge is 2.30. The average molecular weight is 259 g/mol. The fourth-order valence-electron chi connectivity index (χ4n) is 2.55. The molecule has 0 spiro atoms. The summed E-state index contributed by atoms with van der Waals surface area (Å²) in [6.07, 6.45) is 0.999. The molecule has 104 valence electrons. The van der Waals surface area contributed by atoms with E-state index in [9.17, 15) is 0 Å². The lowest BCUT2D eigenvalue weighted by atomic mass is 9.86. The fourth-order valence-corrected chi connectivity index (χ4v) is 2.55. The molecule has 0 aliphatic carbocycles. The predicted molar refractivity (Wildman–Crippen MR) is 81.6 cm³/mol. The van der Waals surface area contributed by atoms with Crippen molar-refractivity contribution in [2.45, 2.75) is 52.5 Å². The molecule has 0 aliphatic heterocycles. The van der Waals surface area contributed by atoms with Crippen molar-refractivity contribution in [3.05, 3.63) is 29.6 Å². The van der Waals surface area contributed by atoms with Gasteiger partial charge in [0, 0.05) is 18.0 Å². The van der Waals surface area contributed by atoms with Gasteiger partial charge in [-0.15, -0.1) is 0 Å². The van der Waals surface area contributed by atoms with Crippen molar-refractivity contribution in [3.8, 4) is 0 Å². The smallest absolute Gasteiger partial charge is 0.117 e. The first kappa shape index (κ1) is 14.1. The van der Waals surface area contributed by atoms with Gasteiger partial charge < -0.3 is 10.3 Å². The molecule has 0 saturated heterocycles. The van der Waals surface area contributed by atoms with Gasteiger partial charge in [-0.2, -0.15) is 0 Å². The Labute approximate surface area is 115 Å². The Kier molecular flexibility index (Phi) is 3.68. The fraction of sp³-hybridized carbons (Fsp3) is 0.562. The lowest BCUT2D eigenvalue weighted by molar-refractivity contribution is 0.405. The van der Waals surface area contributed by atoms with E-state index in [0.29, 0.717) is 12.6 Å². The highest BCUT2D eigenvalue weighted by atomic mass is 15.1. The molecule has 2 aromatic rings. The molecule has 0 saturated carbocycles. The highest BCUT2D eigenvalue weighted by molar-refractivity contribution is 5.77.